The molecule has 4 aromatic rings. The fourth-order valence-electron chi connectivity index (χ4n) is 3.68. The molecule has 0 aliphatic heterocycles. The predicted octanol–water partition coefficient (Wildman–Crippen LogP) is 3.06. The van der Waals surface area contributed by atoms with E-state index >= 15 is 0 Å². The average Bonchev–Trinajstić information content (AvgIpc) is 3.36. The summed E-state index contributed by atoms with van der Waals surface area (Å²) in [7, 11) is 0. The topological polar surface area (TPSA) is 115 Å². The minimum absolute atomic E-state index is 0.0979. The van der Waals surface area contributed by atoms with E-state index in [1.807, 2.05) is 6.92 Å². The molecule has 0 saturated heterocycles. The number of carbonyl (C=O) groups excluding carboxylic acids is 2. The van der Waals surface area contributed by atoms with Crippen LogP contribution in [-0.2, 0) is 29.2 Å². The van der Waals surface area contributed by atoms with Crippen LogP contribution >= 0.6 is 11.6 Å². The van der Waals surface area contributed by atoms with Crippen molar-refractivity contribution in [2.45, 2.75) is 33.0 Å². The van der Waals surface area contributed by atoms with Crippen LogP contribution in [0.5, 0.6) is 0 Å². The first-order chi connectivity index (χ1) is 16.8. The second-order valence-electron chi connectivity index (χ2n) is 7.98. The van der Waals surface area contributed by atoms with Gasteiger partial charge < -0.3 is 15.1 Å². The van der Waals surface area contributed by atoms with E-state index in [1.54, 1.807) is 54.6 Å². The van der Waals surface area contributed by atoms with Gasteiger partial charge in [-0.1, -0.05) is 29.8 Å². The van der Waals surface area contributed by atoms with Gasteiger partial charge in [-0.15, -0.1) is 0 Å². The van der Waals surface area contributed by atoms with Crippen molar-refractivity contribution in [3.8, 4) is 0 Å². The zero-order chi connectivity index (χ0) is 24.9. The van der Waals surface area contributed by atoms with Crippen LogP contribution in [0.4, 0.5) is 5.69 Å². The Bertz CT molecular complexity index is 1500. The van der Waals surface area contributed by atoms with Crippen molar-refractivity contribution in [3.05, 3.63) is 98.0 Å². The largest absolute Gasteiger partial charge is 0.467 e. The van der Waals surface area contributed by atoms with Crippen LogP contribution in [0.15, 0.2) is 74.9 Å². The van der Waals surface area contributed by atoms with Gasteiger partial charge in [-0.3, -0.25) is 23.5 Å². The van der Waals surface area contributed by atoms with Crippen molar-refractivity contribution in [1.82, 2.24) is 14.5 Å². The van der Waals surface area contributed by atoms with Crippen molar-refractivity contribution in [3.63, 3.8) is 0 Å². The van der Waals surface area contributed by atoms with Crippen LogP contribution in [0.25, 0.3) is 10.9 Å². The second kappa shape index (κ2) is 10.4. The van der Waals surface area contributed by atoms with Crippen molar-refractivity contribution in [1.29, 1.82) is 0 Å². The van der Waals surface area contributed by atoms with Crippen molar-refractivity contribution in [2.75, 3.05) is 5.32 Å². The van der Waals surface area contributed by atoms with Crippen LogP contribution in [-0.4, -0.2) is 20.9 Å². The number of rotatable bonds is 8. The number of aryl methyl sites for hydroxylation is 1. The Morgan fingerprint density at radius 3 is 2.54 bits per heavy atom. The van der Waals surface area contributed by atoms with Gasteiger partial charge in [0.15, 0.2) is 0 Å². The third kappa shape index (κ3) is 5.52. The number of fused-ring (bicyclic) bond motifs is 1. The van der Waals surface area contributed by atoms with Crippen LogP contribution in [0.3, 0.4) is 0 Å². The average molecular weight is 495 g/mol. The van der Waals surface area contributed by atoms with E-state index in [1.165, 1.54) is 10.8 Å². The van der Waals surface area contributed by atoms with Crippen LogP contribution in [0.2, 0.25) is 5.02 Å². The lowest BCUT2D eigenvalue weighted by molar-refractivity contribution is -0.121. The molecule has 0 spiro atoms. The lowest BCUT2D eigenvalue weighted by Crippen LogP contribution is -2.42. The van der Waals surface area contributed by atoms with Gasteiger partial charge in [-0.05, 0) is 48.9 Å². The van der Waals surface area contributed by atoms with E-state index in [-0.39, 0.29) is 37.3 Å². The molecule has 4 rings (SSSR count). The molecule has 10 heteroatoms. The summed E-state index contributed by atoms with van der Waals surface area (Å²) in [4.78, 5) is 51.3. The van der Waals surface area contributed by atoms with E-state index < -0.39 is 17.2 Å². The number of para-hydroxylation sites is 1. The number of anilines is 1. The molecule has 0 unspecified atom stereocenters. The molecule has 180 valence electrons. The minimum Gasteiger partial charge on any atom is -0.467 e. The normalized spacial score (nSPS) is 10.9. The summed E-state index contributed by atoms with van der Waals surface area (Å²) < 4.78 is 7.36. The molecule has 2 aromatic carbocycles. The zero-order valence-corrected chi connectivity index (χ0v) is 19.7. The number of amides is 2. The van der Waals surface area contributed by atoms with Crippen molar-refractivity contribution in [2.24, 2.45) is 0 Å². The van der Waals surface area contributed by atoms with Crippen LogP contribution in [0, 0.1) is 6.92 Å². The van der Waals surface area contributed by atoms with Gasteiger partial charge in [0, 0.05) is 13.0 Å². The van der Waals surface area contributed by atoms with Crippen molar-refractivity contribution < 1.29 is 14.0 Å². The summed E-state index contributed by atoms with van der Waals surface area (Å²) in [6.45, 7) is 1.60. The Balaban J connectivity index is 1.57. The van der Waals surface area contributed by atoms with Gasteiger partial charge in [-0.25, -0.2) is 4.79 Å². The molecular formula is C25H23ClN4O5. The van der Waals surface area contributed by atoms with E-state index in [4.69, 9.17) is 16.0 Å². The highest BCUT2D eigenvalue weighted by Crippen LogP contribution is 2.22. The Morgan fingerprint density at radius 1 is 1.00 bits per heavy atom. The van der Waals surface area contributed by atoms with E-state index in [9.17, 15) is 19.2 Å². The molecule has 2 aromatic heterocycles. The number of halogens is 1. The van der Waals surface area contributed by atoms with Crippen LogP contribution < -0.4 is 21.9 Å². The Morgan fingerprint density at radius 2 is 1.80 bits per heavy atom. The molecule has 0 aliphatic rings. The highest BCUT2D eigenvalue weighted by atomic mass is 35.5. The molecule has 0 saturated carbocycles. The third-order valence-corrected chi connectivity index (χ3v) is 5.75. The van der Waals surface area contributed by atoms with E-state index in [0.29, 0.717) is 22.0 Å². The second-order valence-corrected chi connectivity index (χ2v) is 8.39. The van der Waals surface area contributed by atoms with Gasteiger partial charge in [0.05, 0.1) is 34.4 Å². The fraction of sp³-hybridized carbons (Fsp3) is 0.200. The summed E-state index contributed by atoms with van der Waals surface area (Å²) in [5, 5.41) is 6.03. The SMILES string of the molecule is Cc1ccc(NC(=O)Cn2c(=O)n(CCC(=O)NCc3ccco3)c(=O)c3ccccc32)c(Cl)c1. The zero-order valence-electron chi connectivity index (χ0n) is 18.9. The van der Waals surface area contributed by atoms with Gasteiger partial charge in [0.25, 0.3) is 5.56 Å². The molecule has 0 radical (unpaired) electrons. The monoisotopic (exact) mass is 494 g/mol. The molecule has 2 N–H and O–H groups in total. The Hall–Kier alpha value is -4.11. The van der Waals surface area contributed by atoms with Gasteiger partial charge >= 0.3 is 5.69 Å². The Kier molecular flexibility index (Phi) is 7.17. The van der Waals surface area contributed by atoms with Crippen LogP contribution in [0.1, 0.15) is 17.7 Å². The first kappa shape index (κ1) is 24.0. The molecular weight excluding hydrogens is 472 g/mol. The molecule has 35 heavy (non-hydrogen) atoms. The van der Waals surface area contributed by atoms with Gasteiger partial charge in [0.1, 0.15) is 12.3 Å². The molecule has 2 amide bonds. The summed E-state index contributed by atoms with van der Waals surface area (Å²) in [6, 6.07) is 15.2. The summed E-state index contributed by atoms with van der Waals surface area (Å²) in [5.74, 6) is -0.244. The standard InChI is InChI=1S/C25H23ClN4O5/c1-16-8-9-20(19(26)13-16)28-23(32)15-30-21-7-3-2-6-18(21)24(33)29(25(30)34)11-10-22(31)27-14-17-5-4-12-35-17/h2-9,12-13H,10-11,14-15H2,1H3,(H,27,31)(H,28,32). The number of carbonyl (C=O) groups is 2. The third-order valence-electron chi connectivity index (χ3n) is 5.43. The Labute approximate surface area is 204 Å². The smallest absolute Gasteiger partial charge is 0.331 e. The molecule has 0 atom stereocenters. The first-order valence-corrected chi connectivity index (χ1v) is 11.3. The summed E-state index contributed by atoms with van der Waals surface area (Å²) in [5.41, 5.74) is 0.475. The number of nitrogens with one attached hydrogen (secondary N) is 2. The number of benzene rings is 2. The number of hydrogen-bond acceptors (Lipinski definition) is 5. The maximum absolute atomic E-state index is 13.2. The number of furan rings is 1. The fourth-order valence-corrected chi connectivity index (χ4v) is 3.96. The summed E-state index contributed by atoms with van der Waals surface area (Å²) >= 11 is 6.21. The van der Waals surface area contributed by atoms with E-state index in [0.717, 1.165) is 10.1 Å². The maximum Gasteiger partial charge on any atom is 0.331 e. The number of aromatic nitrogens is 2. The lowest BCUT2D eigenvalue weighted by Gasteiger charge is -2.14. The highest BCUT2D eigenvalue weighted by Gasteiger charge is 2.17. The quantitative estimate of drug-likeness (QED) is 0.390. The predicted molar refractivity (Wildman–Crippen MR) is 132 cm³/mol. The lowest BCUT2D eigenvalue weighted by atomic mass is 10.2. The summed E-state index contributed by atoms with van der Waals surface area (Å²) in [6.07, 6.45) is 1.40. The number of nitrogens with zero attached hydrogens (tertiary/aromatic N) is 2. The molecule has 0 bridgehead atoms. The minimum atomic E-state index is -0.683. The van der Waals surface area contributed by atoms with Crippen molar-refractivity contribution >= 4 is 40.0 Å². The molecule has 0 fully saturated rings. The van der Waals surface area contributed by atoms with E-state index in [2.05, 4.69) is 10.6 Å². The molecule has 2 heterocycles. The van der Waals surface area contributed by atoms with Gasteiger partial charge in [0.2, 0.25) is 11.8 Å². The first-order valence-electron chi connectivity index (χ1n) is 10.9. The maximum atomic E-state index is 13.2. The molecule has 0 aliphatic carbocycles. The highest BCUT2D eigenvalue weighted by molar-refractivity contribution is 6.33. The molecule has 9 nitrogen and oxygen atoms in total. The van der Waals surface area contributed by atoms with Gasteiger partial charge in [-0.2, -0.15) is 0 Å². The number of hydrogen-bond donors (Lipinski definition) is 2.